The number of carbonyl (C=O) groups excluding carboxylic acids is 1. The molecule has 3 N–H and O–H groups in total. The number of hydrogen-bond acceptors (Lipinski definition) is 5. The Hall–Kier alpha value is -1.31. The zero-order valence-electron chi connectivity index (χ0n) is 8.96. The Morgan fingerprint density at radius 2 is 2.25 bits per heavy atom. The van der Waals surface area contributed by atoms with Gasteiger partial charge in [-0.25, -0.2) is 8.42 Å². The van der Waals surface area contributed by atoms with Crippen molar-refractivity contribution in [3.8, 4) is 0 Å². The summed E-state index contributed by atoms with van der Waals surface area (Å²) in [7, 11) is -1.49. The predicted octanol–water partition coefficient (Wildman–Crippen LogP) is -1.23. The van der Waals surface area contributed by atoms with Crippen LogP contribution in [-0.2, 0) is 14.6 Å². The molecule has 0 bridgehead atoms. The average Bonchev–Trinajstić information content (AvgIpc) is 2.57. The highest BCUT2D eigenvalue weighted by molar-refractivity contribution is 7.91. The molecule has 1 aliphatic heterocycles. The molecule has 92 valence electrons. The lowest BCUT2D eigenvalue weighted by molar-refractivity contribution is -0.130. The third-order valence-electron chi connectivity index (χ3n) is 2.61. The Kier molecular flexibility index (Phi) is 3.74. The molecule has 0 aromatic rings. The van der Waals surface area contributed by atoms with Crippen LogP contribution in [0.1, 0.15) is 12.8 Å². The molecule has 0 aliphatic carbocycles. The van der Waals surface area contributed by atoms with Crippen LogP contribution in [0.3, 0.4) is 0 Å². The molecule has 1 unspecified atom stereocenters. The smallest absolute Gasteiger partial charge is 0.230 e. The van der Waals surface area contributed by atoms with Crippen molar-refractivity contribution in [1.82, 2.24) is 4.90 Å². The second-order valence-electron chi connectivity index (χ2n) is 3.83. The summed E-state index contributed by atoms with van der Waals surface area (Å²) in [6.07, 6.45) is 0.240. The van der Waals surface area contributed by atoms with E-state index in [4.69, 9.17) is 10.9 Å². The molecule has 0 aromatic heterocycles. The maximum atomic E-state index is 11.6. The fourth-order valence-electron chi connectivity index (χ4n) is 1.60. The SMILES string of the molecule is CN(C(=O)C/C(N)=N/O)C1CCS(=O)(=O)C1. The zero-order chi connectivity index (χ0) is 12.3. The topological polar surface area (TPSA) is 113 Å². The van der Waals surface area contributed by atoms with Crippen LogP contribution in [0.25, 0.3) is 0 Å². The van der Waals surface area contributed by atoms with Crippen molar-refractivity contribution in [3.05, 3.63) is 0 Å². The Labute approximate surface area is 93.8 Å². The minimum atomic E-state index is -3.01. The summed E-state index contributed by atoms with van der Waals surface area (Å²) in [5.74, 6) is -0.431. The highest BCUT2D eigenvalue weighted by atomic mass is 32.2. The Morgan fingerprint density at radius 1 is 1.62 bits per heavy atom. The standard InChI is InChI=1S/C8H15N3O4S/c1-11(8(12)4-7(9)10-13)6-2-3-16(14,15)5-6/h6,13H,2-5H2,1H3,(H2,9,10). The van der Waals surface area contributed by atoms with Crippen LogP contribution >= 0.6 is 0 Å². The van der Waals surface area contributed by atoms with Crippen molar-refractivity contribution in [2.45, 2.75) is 18.9 Å². The van der Waals surface area contributed by atoms with Crippen LogP contribution in [0.4, 0.5) is 0 Å². The van der Waals surface area contributed by atoms with Gasteiger partial charge in [-0.15, -0.1) is 0 Å². The van der Waals surface area contributed by atoms with Crippen molar-refractivity contribution in [1.29, 1.82) is 0 Å². The van der Waals surface area contributed by atoms with Gasteiger partial charge in [-0.05, 0) is 6.42 Å². The predicted molar refractivity (Wildman–Crippen MR) is 57.9 cm³/mol. The largest absolute Gasteiger partial charge is 0.409 e. The lowest BCUT2D eigenvalue weighted by Gasteiger charge is -2.23. The van der Waals surface area contributed by atoms with Gasteiger partial charge >= 0.3 is 0 Å². The number of carbonyl (C=O) groups is 1. The monoisotopic (exact) mass is 249 g/mol. The van der Waals surface area contributed by atoms with Crippen LogP contribution in [0.15, 0.2) is 5.16 Å². The van der Waals surface area contributed by atoms with E-state index < -0.39 is 9.84 Å². The Bertz CT molecular complexity index is 404. The molecule has 1 atom stereocenters. The van der Waals surface area contributed by atoms with E-state index in [1.165, 1.54) is 11.9 Å². The molecule has 0 saturated carbocycles. The van der Waals surface area contributed by atoms with Gasteiger partial charge in [-0.2, -0.15) is 0 Å². The highest BCUT2D eigenvalue weighted by Crippen LogP contribution is 2.16. The van der Waals surface area contributed by atoms with E-state index >= 15 is 0 Å². The number of sulfone groups is 1. The first-order valence-corrected chi connectivity index (χ1v) is 6.60. The van der Waals surface area contributed by atoms with Gasteiger partial charge in [0.15, 0.2) is 9.84 Å². The second-order valence-corrected chi connectivity index (χ2v) is 6.06. The average molecular weight is 249 g/mol. The third-order valence-corrected chi connectivity index (χ3v) is 4.36. The number of nitrogens with zero attached hydrogens (tertiary/aromatic N) is 2. The van der Waals surface area contributed by atoms with E-state index in [9.17, 15) is 13.2 Å². The van der Waals surface area contributed by atoms with Gasteiger partial charge in [0, 0.05) is 13.1 Å². The van der Waals surface area contributed by atoms with Crippen molar-refractivity contribution >= 4 is 21.6 Å². The summed E-state index contributed by atoms with van der Waals surface area (Å²) >= 11 is 0. The van der Waals surface area contributed by atoms with Crippen LogP contribution < -0.4 is 5.73 Å². The van der Waals surface area contributed by atoms with E-state index in [0.29, 0.717) is 6.42 Å². The Balaban J connectivity index is 2.59. The molecule has 1 heterocycles. The molecule has 16 heavy (non-hydrogen) atoms. The molecule has 8 heteroatoms. The first kappa shape index (κ1) is 12.8. The molecule has 0 radical (unpaired) electrons. The van der Waals surface area contributed by atoms with Gasteiger partial charge in [-0.3, -0.25) is 4.79 Å². The molecular formula is C8H15N3O4S. The number of amidine groups is 1. The van der Waals surface area contributed by atoms with Gasteiger partial charge in [0.25, 0.3) is 0 Å². The van der Waals surface area contributed by atoms with E-state index in [0.717, 1.165) is 0 Å². The number of rotatable bonds is 3. The summed E-state index contributed by atoms with van der Waals surface area (Å²) in [4.78, 5) is 12.9. The van der Waals surface area contributed by atoms with Gasteiger partial charge in [0.2, 0.25) is 5.91 Å². The fraction of sp³-hybridized carbons (Fsp3) is 0.750. The number of hydrogen-bond donors (Lipinski definition) is 2. The maximum Gasteiger partial charge on any atom is 0.230 e. The van der Waals surface area contributed by atoms with Crippen molar-refractivity contribution in [2.75, 3.05) is 18.6 Å². The highest BCUT2D eigenvalue weighted by Gasteiger charge is 2.32. The van der Waals surface area contributed by atoms with Crippen molar-refractivity contribution in [3.63, 3.8) is 0 Å². The van der Waals surface area contributed by atoms with Gasteiger partial charge in [0.05, 0.1) is 17.9 Å². The summed E-state index contributed by atoms with van der Waals surface area (Å²) in [5, 5.41) is 11.0. The molecule has 0 spiro atoms. The normalized spacial score (nSPS) is 24.3. The molecule has 1 fully saturated rings. The number of amides is 1. The van der Waals surface area contributed by atoms with E-state index in [1.54, 1.807) is 0 Å². The van der Waals surface area contributed by atoms with E-state index in [1.807, 2.05) is 0 Å². The summed E-state index contributed by atoms with van der Waals surface area (Å²) in [6, 6.07) is -0.302. The lowest BCUT2D eigenvalue weighted by atomic mass is 10.2. The molecule has 1 rings (SSSR count). The van der Waals surface area contributed by atoms with Crippen LogP contribution in [0.2, 0.25) is 0 Å². The van der Waals surface area contributed by atoms with Crippen LogP contribution in [0.5, 0.6) is 0 Å². The third kappa shape index (κ3) is 3.09. The first-order chi connectivity index (χ1) is 7.35. The first-order valence-electron chi connectivity index (χ1n) is 4.78. The molecule has 1 aliphatic rings. The van der Waals surface area contributed by atoms with Crippen molar-refractivity contribution in [2.24, 2.45) is 10.9 Å². The van der Waals surface area contributed by atoms with Gasteiger partial charge < -0.3 is 15.8 Å². The number of nitrogens with two attached hydrogens (primary N) is 1. The summed E-state index contributed by atoms with van der Waals surface area (Å²) in [5.41, 5.74) is 5.20. The van der Waals surface area contributed by atoms with E-state index in [2.05, 4.69) is 5.16 Å². The van der Waals surface area contributed by atoms with Gasteiger partial charge in [0.1, 0.15) is 5.84 Å². The summed E-state index contributed by atoms with van der Waals surface area (Å²) in [6.45, 7) is 0. The molecule has 1 saturated heterocycles. The maximum absolute atomic E-state index is 11.6. The molecule has 1 amide bonds. The minimum absolute atomic E-state index is 0.00852. The quantitative estimate of drug-likeness (QED) is 0.281. The molecule has 7 nitrogen and oxygen atoms in total. The number of oxime groups is 1. The summed E-state index contributed by atoms with van der Waals surface area (Å²) < 4.78 is 22.4. The van der Waals surface area contributed by atoms with Crippen LogP contribution in [-0.4, -0.2) is 54.9 Å². The lowest BCUT2D eigenvalue weighted by Crippen LogP contribution is -2.39. The van der Waals surface area contributed by atoms with Gasteiger partial charge in [-0.1, -0.05) is 5.16 Å². The van der Waals surface area contributed by atoms with E-state index in [-0.39, 0.29) is 35.7 Å². The zero-order valence-corrected chi connectivity index (χ0v) is 9.77. The molecular weight excluding hydrogens is 234 g/mol. The van der Waals surface area contributed by atoms with Crippen molar-refractivity contribution < 1.29 is 18.4 Å². The second kappa shape index (κ2) is 4.69. The minimum Gasteiger partial charge on any atom is -0.409 e. The Morgan fingerprint density at radius 3 is 2.69 bits per heavy atom. The molecule has 0 aromatic carbocycles. The van der Waals surface area contributed by atoms with Crippen LogP contribution in [0, 0.1) is 0 Å². The fourth-order valence-corrected chi connectivity index (χ4v) is 3.37.